The van der Waals surface area contributed by atoms with E-state index in [0.29, 0.717) is 27.7 Å². The lowest BCUT2D eigenvalue weighted by Gasteiger charge is -2.10. The summed E-state index contributed by atoms with van der Waals surface area (Å²) in [4.78, 5) is 36.1. The van der Waals surface area contributed by atoms with Crippen LogP contribution in [0.1, 0.15) is 11.1 Å². The maximum absolute atomic E-state index is 12.1. The largest absolute Gasteiger partial charge is 0.483 e. The SMILES string of the molecule is Cc1ccc(NC(=O)C(=O)N/N=C\c2ccccc2OCC(=O)Nc2cccc(Cl)c2)cc1. The number of anilines is 2. The molecule has 8 nitrogen and oxygen atoms in total. The van der Waals surface area contributed by atoms with E-state index in [1.807, 2.05) is 19.1 Å². The number of nitrogens with one attached hydrogen (secondary N) is 3. The molecule has 0 saturated carbocycles. The van der Waals surface area contributed by atoms with Gasteiger partial charge < -0.3 is 15.4 Å². The first kappa shape index (κ1) is 23.5. The van der Waals surface area contributed by atoms with E-state index in [0.717, 1.165) is 5.56 Å². The molecule has 0 heterocycles. The molecule has 0 saturated heterocycles. The van der Waals surface area contributed by atoms with Gasteiger partial charge in [-0.15, -0.1) is 0 Å². The molecule has 0 aliphatic heterocycles. The van der Waals surface area contributed by atoms with Crippen LogP contribution >= 0.6 is 11.6 Å². The standard InChI is InChI=1S/C24H21ClN4O4/c1-16-9-11-19(12-10-16)28-23(31)24(32)29-26-14-17-5-2-3-8-21(17)33-15-22(30)27-20-7-4-6-18(25)13-20/h2-14H,15H2,1H3,(H,27,30)(H,28,31)(H,29,32)/b26-14-. The van der Waals surface area contributed by atoms with Crippen LogP contribution in [-0.2, 0) is 14.4 Å². The Labute approximate surface area is 195 Å². The highest BCUT2D eigenvalue weighted by Crippen LogP contribution is 2.17. The van der Waals surface area contributed by atoms with Crippen molar-refractivity contribution in [1.82, 2.24) is 5.43 Å². The molecule has 0 unspecified atom stereocenters. The topological polar surface area (TPSA) is 109 Å². The summed E-state index contributed by atoms with van der Waals surface area (Å²) < 4.78 is 5.57. The maximum Gasteiger partial charge on any atom is 0.329 e. The second-order valence-electron chi connectivity index (χ2n) is 6.90. The maximum atomic E-state index is 12.1. The Bertz CT molecular complexity index is 1180. The summed E-state index contributed by atoms with van der Waals surface area (Å²) >= 11 is 5.91. The Kier molecular flexibility index (Phi) is 8.15. The zero-order valence-electron chi connectivity index (χ0n) is 17.7. The number of amides is 3. The predicted octanol–water partition coefficient (Wildman–Crippen LogP) is 3.75. The minimum Gasteiger partial charge on any atom is -0.483 e. The van der Waals surface area contributed by atoms with Gasteiger partial charge in [0.15, 0.2) is 6.61 Å². The Morgan fingerprint density at radius 3 is 2.42 bits per heavy atom. The summed E-state index contributed by atoms with van der Waals surface area (Å²) in [5, 5.41) is 9.47. The van der Waals surface area contributed by atoms with Gasteiger partial charge in [0.25, 0.3) is 5.91 Å². The van der Waals surface area contributed by atoms with Crippen LogP contribution in [0.3, 0.4) is 0 Å². The molecule has 3 aromatic rings. The van der Waals surface area contributed by atoms with E-state index in [-0.39, 0.29) is 12.5 Å². The van der Waals surface area contributed by atoms with E-state index in [1.54, 1.807) is 60.7 Å². The van der Waals surface area contributed by atoms with Crippen molar-refractivity contribution >= 4 is 46.9 Å². The average Bonchev–Trinajstić information content (AvgIpc) is 2.80. The number of hydrogen-bond acceptors (Lipinski definition) is 5. The first-order chi connectivity index (χ1) is 15.9. The lowest BCUT2D eigenvalue weighted by Crippen LogP contribution is -2.32. The van der Waals surface area contributed by atoms with Gasteiger partial charge in [0, 0.05) is 22.0 Å². The van der Waals surface area contributed by atoms with Gasteiger partial charge in [-0.1, -0.05) is 47.5 Å². The molecule has 3 aromatic carbocycles. The fourth-order valence-electron chi connectivity index (χ4n) is 2.66. The van der Waals surface area contributed by atoms with Crippen molar-refractivity contribution < 1.29 is 19.1 Å². The van der Waals surface area contributed by atoms with Crippen molar-refractivity contribution in [1.29, 1.82) is 0 Å². The van der Waals surface area contributed by atoms with Crippen LogP contribution in [0, 0.1) is 6.92 Å². The van der Waals surface area contributed by atoms with E-state index in [2.05, 4.69) is 21.2 Å². The van der Waals surface area contributed by atoms with Gasteiger partial charge in [0.05, 0.1) is 6.21 Å². The monoisotopic (exact) mass is 464 g/mol. The summed E-state index contributed by atoms with van der Waals surface area (Å²) in [5.41, 5.74) is 4.76. The van der Waals surface area contributed by atoms with Crippen LogP contribution in [-0.4, -0.2) is 30.5 Å². The lowest BCUT2D eigenvalue weighted by atomic mass is 10.2. The zero-order valence-corrected chi connectivity index (χ0v) is 18.4. The molecule has 33 heavy (non-hydrogen) atoms. The molecule has 0 aliphatic rings. The van der Waals surface area contributed by atoms with Gasteiger partial charge in [0.1, 0.15) is 5.75 Å². The van der Waals surface area contributed by atoms with Crippen LogP contribution in [0.4, 0.5) is 11.4 Å². The van der Waals surface area contributed by atoms with Crippen LogP contribution in [0.25, 0.3) is 0 Å². The van der Waals surface area contributed by atoms with Gasteiger partial charge in [-0.3, -0.25) is 14.4 Å². The molecule has 0 spiro atoms. The Morgan fingerprint density at radius 2 is 1.67 bits per heavy atom. The fourth-order valence-corrected chi connectivity index (χ4v) is 2.85. The van der Waals surface area contributed by atoms with Crippen molar-refractivity contribution in [3.63, 3.8) is 0 Å². The zero-order chi connectivity index (χ0) is 23.6. The Hall–Kier alpha value is -4.17. The molecule has 0 aromatic heterocycles. The van der Waals surface area contributed by atoms with Gasteiger partial charge in [-0.2, -0.15) is 5.10 Å². The molecule has 3 N–H and O–H groups in total. The smallest absolute Gasteiger partial charge is 0.329 e. The molecule has 0 aliphatic carbocycles. The van der Waals surface area contributed by atoms with Gasteiger partial charge in [0.2, 0.25) is 0 Å². The van der Waals surface area contributed by atoms with Crippen LogP contribution in [0.15, 0.2) is 77.9 Å². The Balaban J connectivity index is 1.52. The highest BCUT2D eigenvalue weighted by molar-refractivity contribution is 6.39. The third kappa shape index (κ3) is 7.48. The van der Waals surface area contributed by atoms with E-state index in [4.69, 9.17) is 16.3 Å². The highest BCUT2D eigenvalue weighted by atomic mass is 35.5. The molecule has 3 rings (SSSR count). The van der Waals surface area contributed by atoms with Crippen molar-refractivity contribution in [3.05, 3.63) is 88.9 Å². The van der Waals surface area contributed by atoms with Gasteiger partial charge >= 0.3 is 11.8 Å². The second-order valence-corrected chi connectivity index (χ2v) is 7.34. The van der Waals surface area contributed by atoms with E-state index in [9.17, 15) is 14.4 Å². The number of para-hydroxylation sites is 1. The number of ether oxygens (including phenoxy) is 1. The summed E-state index contributed by atoms with van der Waals surface area (Å²) in [5.74, 6) is -1.77. The van der Waals surface area contributed by atoms with Gasteiger partial charge in [-0.05, 0) is 49.4 Å². The lowest BCUT2D eigenvalue weighted by molar-refractivity contribution is -0.136. The van der Waals surface area contributed by atoms with Crippen molar-refractivity contribution in [2.24, 2.45) is 5.10 Å². The van der Waals surface area contributed by atoms with Crippen LogP contribution in [0.2, 0.25) is 5.02 Å². The third-order valence-corrected chi connectivity index (χ3v) is 4.51. The molecule has 0 fully saturated rings. The number of benzene rings is 3. The minimum absolute atomic E-state index is 0.247. The van der Waals surface area contributed by atoms with E-state index >= 15 is 0 Å². The minimum atomic E-state index is -0.925. The molecular weight excluding hydrogens is 444 g/mol. The summed E-state index contributed by atoms with van der Waals surface area (Å²) in [6.07, 6.45) is 1.32. The first-order valence-corrected chi connectivity index (χ1v) is 10.3. The second kappa shape index (κ2) is 11.4. The summed E-state index contributed by atoms with van der Waals surface area (Å²) in [6.45, 7) is 1.67. The number of rotatable bonds is 7. The van der Waals surface area contributed by atoms with Crippen LogP contribution < -0.4 is 20.8 Å². The van der Waals surface area contributed by atoms with E-state index in [1.165, 1.54) is 6.21 Å². The quantitative estimate of drug-likeness (QED) is 0.281. The van der Waals surface area contributed by atoms with Crippen molar-refractivity contribution in [2.45, 2.75) is 6.92 Å². The summed E-state index contributed by atoms with van der Waals surface area (Å²) in [6, 6.07) is 20.6. The fraction of sp³-hybridized carbons (Fsp3) is 0.0833. The number of halogens is 1. The molecular formula is C24H21ClN4O4. The molecule has 0 atom stereocenters. The molecule has 0 radical (unpaired) electrons. The third-order valence-electron chi connectivity index (χ3n) is 4.27. The first-order valence-electron chi connectivity index (χ1n) is 9.89. The highest BCUT2D eigenvalue weighted by Gasteiger charge is 2.13. The molecule has 0 bridgehead atoms. The number of nitrogens with zero attached hydrogens (tertiary/aromatic N) is 1. The number of aryl methyl sites for hydroxylation is 1. The van der Waals surface area contributed by atoms with E-state index < -0.39 is 11.8 Å². The molecule has 3 amide bonds. The molecule has 168 valence electrons. The average molecular weight is 465 g/mol. The number of hydrazone groups is 1. The number of carbonyl (C=O) groups is 3. The van der Waals surface area contributed by atoms with Crippen molar-refractivity contribution in [2.75, 3.05) is 17.2 Å². The number of carbonyl (C=O) groups excluding carboxylic acids is 3. The van der Waals surface area contributed by atoms with Crippen LogP contribution in [0.5, 0.6) is 5.75 Å². The van der Waals surface area contributed by atoms with Gasteiger partial charge in [-0.25, -0.2) is 5.43 Å². The molecule has 9 heteroatoms. The number of hydrogen-bond donors (Lipinski definition) is 3. The Morgan fingerprint density at radius 1 is 0.909 bits per heavy atom. The normalized spacial score (nSPS) is 10.5. The van der Waals surface area contributed by atoms with Crippen molar-refractivity contribution in [3.8, 4) is 5.75 Å². The predicted molar refractivity (Wildman–Crippen MR) is 128 cm³/mol. The summed E-state index contributed by atoms with van der Waals surface area (Å²) in [7, 11) is 0.